The lowest BCUT2D eigenvalue weighted by molar-refractivity contribution is -0.149. The Morgan fingerprint density at radius 3 is 3.00 bits per heavy atom. The molecule has 2 unspecified atom stereocenters. The fraction of sp³-hybridized carbons (Fsp3) is 0.500. The van der Waals surface area contributed by atoms with Gasteiger partial charge in [-0.2, -0.15) is 0 Å². The Bertz CT molecular complexity index is 352. The molecular formula is C12H14O3. The van der Waals surface area contributed by atoms with Crippen molar-refractivity contribution in [3.63, 3.8) is 0 Å². The molecule has 0 aromatic heterocycles. The van der Waals surface area contributed by atoms with Crippen molar-refractivity contribution in [2.75, 3.05) is 7.11 Å². The second-order valence-corrected chi connectivity index (χ2v) is 4.00. The van der Waals surface area contributed by atoms with Crippen molar-refractivity contribution in [2.45, 2.75) is 19.3 Å². The summed E-state index contributed by atoms with van der Waals surface area (Å²) in [6.07, 6.45) is 8.25. The van der Waals surface area contributed by atoms with Gasteiger partial charge in [0.2, 0.25) is 0 Å². The van der Waals surface area contributed by atoms with E-state index in [2.05, 4.69) is 10.8 Å². The molecule has 1 saturated carbocycles. The first kappa shape index (κ1) is 10.1. The molecule has 0 aliphatic heterocycles. The van der Waals surface area contributed by atoms with E-state index in [-0.39, 0.29) is 5.78 Å². The van der Waals surface area contributed by atoms with Crippen LogP contribution in [-0.4, -0.2) is 18.9 Å². The van der Waals surface area contributed by atoms with E-state index in [0.29, 0.717) is 12.3 Å². The van der Waals surface area contributed by atoms with E-state index in [0.717, 1.165) is 18.4 Å². The summed E-state index contributed by atoms with van der Waals surface area (Å²) >= 11 is 0. The van der Waals surface area contributed by atoms with Crippen LogP contribution in [-0.2, 0) is 14.3 Å². The molecule has 3 nitrogen and oxygen atoms in total. The standard InChI is InChI=1S/C12H14O3/c1-15-12(14)10-7-6-8-4-2-3-5-9(8)11(10)13/h2-3,5,8,10H,4,6-7H2,1H3. The maximum atomic E-state index is 12.0. The summed E-state index contributed by atoms with van der Waals surface area (Å²) < 4.78 is 4.63. The number of esters is 1. The average Bonchev–Trinajstić information content (AvgIpc) is 2.29. The Kier molecular flexibility index (Phi) is 2.71. The van der Waals surface area contributed by atoms with Crippen LogP contribution in [0.3, 0.4) is 0 Å². The molecule has 2 aliphatic carbocycles. The molecule has 0 bridgehead atoms. The van der Waals surface area contributed by atoms with Crippen molar-refractivity contribution in [3.05, 3.63) is 23.8 Å². The molecule has 2 atom stereocenters. The maximum Gasteiger partial charge on any atom is 0.316 e. The molecule has 0 heterocycles. The minimum Gasteiger partial charge on any atom is -0.468 e. The number of ether oxygens (including phenoxy) is 1. The summed E-state index contributed by atoms with van der Waals surface area (Å²) in [5.74, 6) is -0.677. The molecule has 0 saturated heterocycles. The van der Waals surface area contributed by atoms with Crippen LogP contribution in [0.15, 0.2) is 23.8 Å². The van der Waals surface area contributed by atoms with Crippen LogP contribution >= 0.6 is 0 Å². The highest BCUT2D eigenvalue weighted by atomic mass is 16.5. The van der Waals surface area contributed by atoms with E-state index in [1.807, 2.05) is 12.2 Å². The highest BCUT2D eigenvalue weighted by Gasteiger charge is 2.37. The van der Waals surface area contributed by atoms with Gasteiger partial charge in [-0.1, -0.05) is 18.2 Å². The molecule has 3 heteroatoms. The molecule has 0 radical (unpaired) electrons. The van der Waals surface area contributed by atoms with Crippen LogP contribution in [0.25, 0.3) is 0 Å². The highest BCUT2D eigenvalue weighted by molar-refractivity contribution is 6.09. The normalized spacial score (nSPS) is 29.4. The summed E-state index contributed by atoms with van der Waals surface area (Å²) in [6, 6.07) is 0. The third kappa shape index (κ3) is 1.74. The van der Waals surface area contributed by atoms with E-state index in [1.165, 1.54) is 7.11 Å². The van der Waals surface area contributed by atoms with Gasteiger partial charge in [0.25, 0.3) is 0 Å². The van der Waals surface area contributed by atoms with Crippen molar-refractivity contribution >= 4 is 11.8 Å². The third-order valence-corrected chi connectivity index (χ3v) is 3.16. The van der Waals surface area contributed by atoms with Crippen LogP contribution in [0.4, 0.5) is 0 Å². The molecule has 80 valence electrons. The van der Waals surface area contributed by atoms with E-state index in [1.54, 1.807) is 0 Å². The third-order valence-electron chi connectivity index (χ3n) is 3.16. The summed E-state index contributed by atoms with van der Waals surface area (Å²) in [4.78, 5) is 23.3. The first-order valence-electron chi connectivity index (χ1n) is 5.22. The van der Waals surface area contributed by atoms with Crippen LogP contribution < -0.4 is 0 Å². The average molecular weight is 206 g/mol. The molecule has 1 fully saturated rings. The van der Waals surface area contributed by atoms with E-state index >= 15 is 0 Å². The lowest BCUT2D eigenvalue weighted by Gasteiger charge is -2.29. The number of carbonyl (C=O) groups is 2. The fourth-order valence-electron chi connectivity index (χ4n) is 2.30. The van der Waals surface area contributed by atoms with Crippen molar-refractivity contribution in [2.24, 2.45) is 11.8 Å². The lowest BCUT2D eigenvalue weighted by Crippen LogP contribution is -2.34. The predicted octanol–water partition coefficient (Wildman–Crippen LogP) is 1.64. The Labute approximate surface area is 88.8 Å². The second-order valence-electron chi connectivity index (χ2n) is 4.00. The van der Waals surface area contributed by atoms with Gasteiger partial charge in [-0.25, -0.2) is 0 Å². The van der Waals surface area contributed by atoms with Crippen LogP contribution in [0.2, 0.25) is 0 Å². The Hall–Kier alpha value is -1.38. The molecule has 0 N–H and O–H groups in total. The zero-order valence-corrected chi connectivity index (χ0v) is 8.73. The Morgan fingerprint density at radius 1 is 1.47 bits per heavy atom. The Balaban J connectivity index is 2.21. The van der Waals surface area contributed by atoms with Crippen LogP contribution in [0, 0.1) is 11.8 Å². The van der Waals surface area contributed by atoms with E-state index in [9.17, 15) is 9.59 Å². The quantitative estimate of drug-likeness (QED) is 0.484. The zero-order chi connectivity index (χ0) is 10.8. The molecule has 15 heavy (non-hydrogen) atoms. The van der Waals surface area contributed by atoms with Gasteiger partial charge in [0, 0.05) is 0 Å². The smallest absolute Gasteiger partial charge is 0.316 e. The van der Waals surface area contributed by atoms with Gasteiger partial charge in [0.05, 0.1) is 7.11 Å². The molecular weight excluding hydrogens is 192 g/mol. The Morgan fingerprint density at radius 2 is 2.27 bits per heavy atom. The van der Waals surface area contributed by atoms with Gasteiger partial charge in [-0.05, 0) is 30.8 Å². The molecule has 0 aromatic carbocycles. The molecule has 0 spiro atoms. The van der Waals surface area contributed by atoms with Gasteiger partial charge in [0.15, 0.2) is 5.78 Å². The van der Waals surface area contributed by atoms with Crippen molar-refractivity contribution < 1.29 is 14.3 Å². The SMILES string of the molecule is COC(=O)C1CCC2CC=CC=C2C1=O. The number of ketones is 1. The van der Waals surface area contributed by atoms with Crippen LogP contribution in [0.1, 0.15) is 19.3 Å². The number of hydrogen-bond acceptors (Lipinski definition) is 3. The topological polar surface area (TPSA) is 43.4 Å². The monoisotopic (exact) mass is 206 g/mol. The number of rotatable bonds is 1. The first-order chi connectivity index (χ1) is 7.24. The summed E-state index contributed by atoms with van der Waals surface area (Å²) in [6.45, 7) is 0. The van der Waals surface area contributed by atoms with Gasteiger partial charge in [-0.3, -0.25) is 9.59 Å². The van der Waals surface area contributed by atoms with E-state index in [4.69, 9.17) is 0 Å². The highest BCUT2D eigenvalue weighted by Crippen LogP contribution is 2.35. The predicted molar refractivity (Wildman–Crippen MR) is 55.1 cm³/mol. The number of hydrogen-bond donors (Lipinski definition) is 0. The summed E-state index contributed by atoms with van der Waals surface area (Å²) in [7, 11) is 1.33. The van der Waals surface area contributed by atoms with Crippen molar-refractivity contribution in [1.82, 2.24) is 0 Å². The lowest BCUT2D eigenvalue weighted by atomic mass is 9.74. The van der Waals surface area contributed by atoms with Gasteiger partial charge in [-0.15, -0.1) is 0 Å². The van der Waals surface area contributed by atoms with E-state index < -0.39 is 11.9 Å². The summed E-state index contributed by atoms with van der Waals surface area (Å²) in [5.41, 5.74) is 0.805. The number of Topliss-reactive ketones (excluding diaryl/α,β-unsaturated/α-hetero) is 1. The van der Waals surface area contributed by atoms with Crippen molar-refractivity contribution in [1.29, 1.82) is 0 Å². The first-order valence-corrected chi connectivity index (χ1v) is 5.22. The fourth-order valence-corrected chi connectivity index (χ4v) is 2.30. The molecule has 0 aromatic rings. The van der Waals surface area contributed by atoms with Gasteiger partial charge in [0.1, 0.15) is 5.92 Å². The molecule has 2 rings (SSSR count). The summed E-state index contributed by atoms with van der Waals surface area (Å²) in [5, 5.41) is 0. The van der Waals surface area contributed by atoms with Crippen LogP contribution in [0.5, 0.6) is 0 Å². The maximum absolute atomic E-state index is 12.0. The second kappa shape index (κ2) is 4.01. The van der Waals surface area contributed by atoms with Gasteiger partial charge >= 0.3 is 5.97 Å². The minimum absolute atomic E-state index is 0.0394. The number of methoxy groups -OCH3 is 1. The number of carbonyl (C=O) groups excluding carboxylic acids is 2. The largest absolute Gasteiger partial charge is 0.468 e. The minimum atomic E-state index is -0.566. The molecule has 2 aliphatic rings. The zero-order valence-electron chi connectivity index (χ0n) is 8.73. The molecule has 0 amide bonds. The number of fused-ring (bicyclic) bond motifs is 1. The van der Waals surface area contributed by atoms with Crippen molar-refractivity contribution in [3.8, 4) is 0 Å². The van der Waals surface area contributed by atoms with Gasteiger partial charge < -0.3 is 4.74 Å². The number of allylic oxidation sites excluding steroid dienone is 4.